The molecule has 5 aliphatic heterocycles. The molecule has 1 unspecified atom stereocenters. The number of rotatable bonds is 15. The second-order valence-corrected chi connectivity index (χ2v) is 16.8. The number of nitrogens with zero attached hydrogens (tertiary/aromatic N) is 6. The zero-order valence-corrected chi connectivity index (χ0v) is 37.8. The summed E-state index contributed by atoms with van der Waals surface area (Å²) in [4.78, 5) is 104. The smallest absolute Gasteiger partial charge is 0.266 e. The van der Waals surface area contributed by atoms with Gasteiger partial charge in [0, 0.05) is 77.3 Å². The zero-order valence-electron chi connectivity index (χ0n) is 37.0. The van der Waals surface area contributed by atoms with Gasteiger partial charge in [0.25, 0.3) is 11.8 Å². The van der Waals surface area contributed by atoms with Crippen LogP contribution in [0.3, 0.4) is 0 Å². The molecule has 2 saturated heterocycles. The molecule has 22 heteroatoms. The number of anilines is 4. The van der Waals surface area contributed by atoms with Gasteiger partial charge in [-0.15, -0.1) is 0 Å². The minimum absolute atomic E-state index is 0.00882. The van der Waals surface area contributed by atoms with Crippen molar-refractivity contribution in [3.8, 4) is 11.5 Å². The van der Waals surface area contributed by atoms with Gasteiger partial charge >= 0.3 is 0 Å². The van der Waals surface area contributed by atoms with Crippen molar-refractivity contribution in [2.24, 2.45) is 0 Å². The predicted molar refractivity (Wildman–Crippen MR) is 240 cm³/mol. The Labute approximate surface area is 390 Å². The van der Waals surface area contributed by atoms with E-state index in [0.29, 0.717) is 86.9 Å². The highest BCUT2D eigenvalue weighted by Crippen LogP contribution is 2.40. The van der Waals surface area contributed by atoms with Crippen LogP contribution in [-0.2, 0) is 44.6 Å². The number of piperazine rings is 1. The topological polar surface area (TPSA) is 240 Å². The number of hydrogen-bond donors (Lipinski definition) is 3. The Hall–Kier alpha value is -6.42. The quantitative estimate of drug-likeness (QED) is 0.146. The number of carbonyl (C=O) groups is 7. The van der Waals surface area contributed by atoms with Gasteiger partial charge in [0.05, 0.1) is 62.1 Å². The highest BCUT2D eigenvalue weighted by Gasteiger charge is 2.46. The van der Waals surface area contributed by atoms with Crippen LogP contribution >= 0.6 is 11.6 Å². The van der Waals surface area contributed by atoms with Crippen LogP contribution in [0.1, 0.15) is 64.8 Å². The van der Waals surface area contributed by atoms with Gasteiger partial charge < -0.3 is 49.0 Å². The largest absolute Gasteiger partial charge is 0.490 e. The van der Waals surface area contributed by atoms with Gasteiger partial charge in [-0.3, -0.25) is 43.8 Å². The molecule has 8 rings (SSSR count). The number of halogens is 1. The Balaban J connectivity index is 0.718. The van der Waals surface area contributed by atoms with Crippen molar-refractivity contribution >= 4 is 76.1 Å². The molecule has 2 atom stereocenters. The molecule has 356 valence electrons. The molecule has 0 aliphatic carbocycles. The third-order valence-electron chi connectivity index (χ3n) is 12.0. The van der Waals surface area contributed by atoms with Crippen LogP contribution in [0.4, 0.5) is 23.1 Å². The first-order valence-electron chi connectivity index (χ1n) is 22.3. The average molecular weight is 946 g/mol. The van der Waals surface area contributed by atoms with E-state index in [4.69, 9.17) is 40.3 Å². The summed E-state index contributed by atoms with van der Waals surface area (Å²) >= 11 is 6.57. The average Bonchev–Trinajstić information content (AvgIpc) is 3.57. The van der Waals surface area contributed by atoms with E-state index in [-0.39, 0.29) is 106 Å². The van der Waals surface area contributed by atoms with E-state index in [9.17, 15) is 33.6 Å². The van der Waals surface area contributed by atoms with Gasteiger partial charge in [0.15, 0.2) is 5.82 Å². The SMILES string of the molecule is CN1C(=O)CCc2cc3cc(c21)OCCOC[C@@H]1CN(C(=O)CCC(=O)NCCCOCCOCCOc2cccc4c2C(=O)N(C2CCC(=O)NC2=O)C4=O)CCN1c1ncc(Cl)c(n1)N3. The fraction of sp³-hybridized carbons (Fsp3) is 0.489. The Bertz CT molecular complexity index is 2420. The second kappa shape index (κ2) is 21.5. The number of hydrogen-bond acceptors (Lipinski definition) is 16. The number of fused-ring (bicyclic) bond motifs is 9. The summed E-state index contributed by atoms with van der Waals surface area (Å²) in [5, 5.41) is 8.65. The molecule has 2 fully saturated rings. The fourth-order valence-corrected chi connectivity index (χ4v) is 8.74. The molecule has 0 radical (unpaired) electrons. The Kier molecular flexibility index (Phi) is 15.1. The third-order valence-corrected chi connectivity index (χ3v) is 12.3. The van der Waals surface area contributed by atoms with Gasteiger partial charge in [0.1, 0.15) is 35.8 Å². The molecule has 0 saturated carbocycles. The minimum Gasteiger partial charge on any atom is -0.490 e. The van der Waals surface area contributed by atoms with Gasteiger partial charge in [-0.25, -0.2) is 4.98 Å². The molecule has 6 heterocycles. The number of carbonyl (C=O) groups excluding carboxylic acids is 7. The molecular weight excluding hydrogens is 894 g/mol. The number of benzene rings is 2. The highest BCUT2D eigenvalue weighted by atomic mass is 35.5. The van der Waals surface area contributed by atoms with E-state index in [2.05, 4.69) is 20.9 Å². The Morgan fingerprint density at radius 1 is 0.940 bits per heavy atom. The van der Waals surface area contributed by atoms with Crippen LogP contribution < -0.4 is 35.2 Å². The van der Waals surface area contributed by atoms with Crippen molar-refractivity contribution in [2.45, 2.75) is 57.0 Å². The van der Waals surface area contributed by atoms with Gasteiger partial charge in [0.2, 0.25) is 35.5 Å². The first kappa shape index (κ1) is 47.1. The monoisotopic (exact) mass is 945 g/mol. The maximum atomic E-state index is 13.4. The van der Waals surface area contributed by atoms with Crippen molar-refractivity contribution in [1.82, 2.24) is 30.4 Å². The Morgan fingerprint density at radius 3 is 2.60 bits per heavy atom. The van der Waals surface area contributed by atoms with E-state index in [1.54, 1.807) is 29.0 Å². The Morgan fingerprint density at radius 2 is 1.76 bits per heavy atom. The maximum Gasteiger partial charge on any atom is 0.266 e. The molecule has 5 aliphatic rings. The molecular formula is C45H52ClN9O12. The zero-order chi connectivity index (χ0) is 47.0. The molecule has 7 amide bonds. The predicted octanol–water partition coefficient (Wildman–Crippen LogP) is 2.01. The molecule has 67 heavy (non-hydrogen) atoms. The van der Waals surface area contributed by atoms with Crippen LogP contribution in [0, 0.1) is 0 Å². The summed E-state index contributed by atoms with van der Waals surface area (Å²) in [5.74, 6) is -1.22. The standard InChI is InChI=1S/C45H52ClN9O12/c1-52-37(58)10-6-27-22-28-23-34(40(27)52)67-21-19-65-26-29-25-53(13-14-54(29)45-48-24-31(46)41(49-28)51-45)38(59)11-9-35(56)47-12-3-15-63-16-17-64-18-20-66-33-5-2-4-30-39(33)44(62)55(43(30)61)32-7-8-36(57)50-42(32)60/h2,4-5,22-24,29,32H,3,6-21,25-26H2,1H3,(H,47,56)(H,48,49,51)(H,50,57,60)/t29-,32?/m0/s1. The normalized spacial score (nSPS) is 19.4. The van der Waals surface area contributed by atoms with Crippen molar-refractivity contribution in [3.63, 3.8) is 0 Å². The number of ether oxygens (including phenoxy) is 5. The maximum absolute atomic E-state index is 13.4. The lowest BCUT2D eigenvalue weighted by Gasteiger charge is -2.41. The summed E-state index contributed by atoms with van der Waals surface area (Å²) in [5.41, 5.74) is 2.59. The van der Waals surface area contributed by atoms with E-state index < -0.39 is 29.7 Å². The van der Waals surface area contributed by atoms with Crippen LogP contribution in [0.15, 0.2) is 36.5 Å². The van der Waals surface area contributed by atoms with Gasteiger partial charge in [-0.2, -0.15) is 4.98 Å². The fourth-order valence-electron chi connectivity index (χ4n) is 8.60. The highest BCUT2D eigenvalue weighted by molar-refractivity contribution is 6.33. The summed E-state index contributed by atoms with van der Waals surface area (Å²) in [6.07, 6.45) is 3.21. The van der Waals surface area contributed by atoms with Crippen molar-refractivity contribution in [1.29, 1.82) is 0 Å². The molecule has 2 aromatic carbocycles. The van der Waals surface area contributed by atoms with E-state index in [1.165, 1.54) is 12.3 Å². The lowest BCUT2D eigenvalue weighted by atomic mass is 10.00. The lowest BCUT2D eigenvalue weighted by molar-refractivity contribution is -0.136. The number of nitrogens with one attached hydrogen (secondary N) is 3. The minimum atomic E-state index is -1.07. The summed E-state index contributed by atoms with van der Waals surface area (Å²) in [6, 6.07) is 7.07. The molecule has 0 spiro atoms. The summed E-state index contributed by atoms with van der Waals surface area (Å²) in [6.45, 7) is 3.47. The lowest BCUT2D eigenvalue weighted by Crippen LogP contribution is -2.57. The molecule has 1 aromatic heterocycles. The van der Waals surface area contributed by atoms with Crippen LogP contribution in [-0.4, -0.2) is 159 Å². The van der Waals surface area contributed by atoms with Crippen LogP contribution in [0.5, 0.6) is 11.5 Å². The van der Waals surface area contributed by atoms with Gasteiger partial charge in [-0.1, -0.05) is 17.7 Å². The van der Waals surface area contributed by atoms with Crippen LogP contribution in [0.2, 0.25) is 5.02 Å². The molecule has 21 nitrogen and oxygen atoms in total. The first-order chi connectivity index (χ1) is 32.5. The molecule has 4 bridgehead atoms. The number of aryl methyl sites for hydroxylation is 1. The number of amides is 7. The third kappa shape index (κ3) is 10.9. The number of imide groups is 2. The number of piperidine rings is 1. The van der Waals surface area contributed by atoms with Crippen molar-refractivity contribution in [2.75, 3.05) is 101 Å². The van der Waals surface area contributed by atoms with Crippen LogP contribution in [0.25, 0.3) is 0 Å². The van der Waals surface area contributed by atoms with Gasteiger partial charge in [-0.05, 0) is 43.0 Å². The first-order valence-corrected chi connectivity index (χ1v) is 22.7. The second-order valence-electron chi connectivity index (χ2n) is 16.4. The van der Waals surface area contributed by atoms with E-state index >= 15 is 0 Å². The van der Waals surface area contributed by atoms with E-state index in [0.717, 1.165) is 16.2 Å². The van der Waals surface area contributed by atoms with Crippen molar-refractivity contribution in [3.05, 3.63) is 58.2 Å². The summed E-state index contributed by atoms with van der Waals surface area (Å²) in [7, 11) is 1.74. The molecule has 3 N–H and O–H groups in total. The number of aromatic nitrogens is 2. The van der Waals surface area contributed by atoms with Crippen molar-refractivity contribution < 1.29 is 57.2 Å². The molecule has 3 aromatic rings. The van der Waals surface area contributed by atoms with E-state index in [1.807, 2.05) is 17.0 Å². The summed E-state index contributed by atoms with van der Waals surface area (Å²) < 4.78 is 29.2.